The molecular weight excluding hydrogens is 230 g/mol. The molecule has 0 aliphatic rings. The molecular formula is C11H16ClNO3. The van der Waals surface area contributed by atoms with E-state index in [9.17, 15) is 4.79 Å². The van der Waals surface area contributed by atoms with Crippen LogP contribution in [-0.2, 0) is 11.2 Å². The Balaban J connectivity index is 0.00000225. The first-order valence-corrected chi connectivity index (χ1v) is 4.68. The van der Waals surface area contributed by atoms with Crippen LogP contribution in [0.25, 0.3) is 0 Å². The van der Waals surface area contributed by atoms with Gasteiger partial charge in [-0.25, -0.2) is 4.79 Å². The molecule has 1 rings (SSSR count). The molecule has 0 aromatic heterocycles. The fraction of sp³-hybridized carbons (Fsp3) is 0.364. The van der Waals surface area contributed by atoms with Crippen LogP contribution in [0.4, 0.5) is 0 Å². The molecule has 16 heavy (non-hydrogen) atoms. The van der Waals surface area contributed by atoms with E-state index in [1.54, 1.807) is 12.1 Å². The lowest BCUT2D eigenvalue weighted by Crippen LogP contribution is -2.06. The second-order valence-electron chi connectivity index (χ2n) is 3.06. The summed E-state index contributed by atoms with van der Waals surface area (Å²) in [5.74, 6) is 0.124. The van der Waals surface area contributed by atoms with E-state index >= 15 is 0 Å². The molecule has 0 radical (unpaired) electrons. The SMILES string of the molecule is COC(=O)c1ccc(CCN)cc1OC.Cl. The van der Waals surface area contributed by atoms with Crippen molar-refractivity contribution >= 4 is 18.4 Å². The number of hydrogen-bond acceptors (Lipinski definition) is 4. The van der Waals surface area contributed by atoms with E-state index in [4.69, 9.17) is 10.5 Å². The number of carbonyl (C=O) groups is 1. The molecule has 0 spiro atoms. The van der Waals surface area contributed by atoms with Gasteiger partial charge in [0.05, 0.1) is 14.2 Å². The summed E-state index contributed by atoms with van der Waals surface area (Å²) in [6.45, 7) is 0.570. The highest BCUT2D eigenvalue weighted by atomic mass is 35.5. The lowest BCUT2D eigenvalue weighted by molar-refractivity contribution is 0.0597. The van der Waals surface area contributed by atoms with Crippen LogP contribution in [0.5, 0.6) is 5.75 Å². The molecule has 0 aliphatic carbocycles. The van der Waals surface area contributed by atoms with Crippen molar-refractivity contribution in [2.45, 2.75) is 6.42 Å². The van der Waals surface area contributed by atoms with Gasteiger partial charge in [-0.1, -0.05) is 6.07 Å². The number of benzene rings is 1. The monoisotopic (exact) mass is 245 g/mol. The van der Waals surface area contributed by atoms with Gasteiger partial charge in [-0.2, -0.15) is 0 Å². The van der Waals surface area contributed by atoms with Gasteiger partial charge in [-0.3, -0.25) is 0 Å². The fourth-order valence-electron chi connectivity index (χ4n) is 1.34. The van der Waals surface area contributed by atoms with E-state index < -0.39 is 5.97 Å². The van der Waals surface area contributed by atoms with E-state index in [1.165, 1.54) is 14.2 Å². The lowest BCUT2D eigenvalue weighted by Gasteiger charge is -2.08. The van der Waals surface area contributed by atoms with Gasteiger partial charge in [-0.15, -0.1) is 12.4 Å². The van der Waals surface area contributed by atoms with Gasteiger partial charge in [0.25, 0.3) is 0 Å². The maximum atomic E-state index is 11.3. The van der Waals surface area contributed by atoms with Crippen LogP contribution in [0, 0.1) is 0 Å². The van der Waals surface area contributed by atoms with Crippen molar-refractivity contribution in [3.8, 4) is 5.75 Å². The van der Waals surface area contributed by atoms with Crippen LogP contribution in [0.2, 0.25) is 0 Å². The van der Waals surface area contributed by atoms with Crippen LogP contribution >= 0.6 is 12.4 Å². The Morgan fingerprint density at radius 3 is 2.56 bits per heavy atom. The van der Waals surface area contributed by atoms with Gasteiger partial charge in [0.2, 0.25) is 0 Å². The third-order valence-corrected chi connectivity index (χ3v) is 2.10. The minimum atomic E-state index is -0.397. The molecule has 0 heterocycles. The highest BCUT2D eigenvalue weighted by Crippen LogP contribution is 2.21. The lowest BCUT2D eigenvalue weighted by atomic mass is 10.1. The Morgan fingerprint density at radius 2 is 2.06 bits per heavy atom. The highest BCUT2D eigenvalue weighted by molar-refractivity contribution is 5.92. The second-order valence-corrected chi connectivity index (χ2v) is 3.06. The predicted octanol–water partition coefficient (Wildman–Crippen LogP) is 1.40. The summed E-state index contributed by atoms with van der Waals surface area (Å²) < 4.78 is 9.75. The molecule has 0 saturated carbocycles. The number of rotatable bonds is 4. The third-order valence-electron chi connectivity index (χ3n) is 2.10. The molecule has 0 fully saturated rings. The summed E-state index contributed by atoms with van der Waals surface area (Å²) in [4.78, 5) is 11.3. The Labute approximate surface area is 101 Å². The quantitative estimate of drug-likeness (QED) is 0.815. The maximum Gasteiger partial charge on any atom is 0.341 e. The minimum absolute atomic E-state index is 0. The smallest absolute Gasteiger partial charge is 0.341 e. The molecule has 0 saturated heterocycles. The molecule has 0 atom stereocenters. The van der Waals surface area contributed by atoms with Gasteiger partial charge in [0.15, 0.2) is 0 Å². The minimum Gasteiger partial charge on any atom is -0.496 e. The van der Waals surface area contributed by atoms with Crippen LogP contribution in [-0.4, -0.2) is 26.7 Å². The van der Waals surface area contributed by atoms with Crippen molar-refractivity contribution in [2.75, 3.05) is 20.8 Å². The van der Waals surface area contributed by atoms with Crippen LogP contribution in [0.1, 0.15) is 15.9 Å². The highest BCUT2D eigenvalue weighted by Gasteiger charge is 2.12. The number of carbonyl (C=O) groups excluding carboxylic acids is 1. The molecule has 0 unspecified atom stereocenters. The zero-order valence-corrected chi connectivity index (χ0v) is 10.2. The fourth-order valence-corrected chi connectivity index (χ4v) is 1.34. The van der Waals surface area contributed by atoms with Crippen LogP contribution in [0.3, 0.4) is 0 Å². The Kier molecular flexibility index (Phi) is 6.53. The second kappa shape index (κ2) is 7.09. The van der Waals surface area contributed by atoms with Gasteiger partial charge in [-0.05, 0) is 30.7 Å². The zero-order valence-electron chi connectivity index (χ0n) is 9.36. The normalized spacial score (nSPS) is 9.19. The summed E-state index contributed by atoms with van der Waals surface area (Å²) >= 11 is 0. The molecule has 0 amide bonds. The summed E-state index contributed by atoms with van der Waals surface area (Å²) in [5.41, 5.74) is 6.92. The molecule has 2 N–H and O–H groups in total. The van der Waals surface area contributed by atoms with Crippen molar-refractivity contribution in [3.63, 3.8) is 0 Å². The number of halogens is 1. The summed E-state index contributed by atoms with van der Waals surface area (Å²) in [6, 6.07) is 5.34. The molecule has 90 valence electrons. The zero-order chi connectivity index (χ0) is 11.3. The first kappa shape index (κ1) is 14.7. The molecule has 1 aromatic rings. The van der Waals surface area contributed by atoms with E-state index in [0.29, 0.717) is 17.9 Å². The van der Waals surface area contributed by atoms with E-state index in [1.807, 2.05) is 6.07 Å². The molecule has 5 heteroatoms. The van der Waals surface area contributed by atoms with Crippen molar-refractivity contribution < 1.29 is 14.3 Å². The number of hydrogen-bond donors (Lipinski definition) is 1. The summed E-state index contributed by atoms with van der Waals surface area (Å²) in [6.07, 6.45) is 0.762. The average molecular weight is 246 g/mol. The summed E-state index contributed by atoms with van der Waals surface area (Å²) in [7, 11) is 2.86. The maximum absolute atomic E-state index is 11.3. The predicted molar refractivity (Wildman–Crippen MR) is 64.3 cm³/mol. The largest absolute Gasteiger partial charge is 0.496 e. The Morgan fingerprint density at radius 1 is 1.38 bits per heavy atom. The van der Waals surface area contributed by atoms with E-state index in [0.717, 1.165) is 12.0 Å². The Hall–Kier alpha value is -1.26. The summed E-state index contributed by atoms with van der Waals surface area (Å²) in [5, 5.41) is 0. The molecule has 4 nitrogen and oxygen atoms in total. The number of methoxy groups -OCH3 is 2. The first-order chi connectivity index (χ1) is 7.22. The standard InChI is InChI=1S/C11H15NO3.ClH/c1-14-10-7-8(5-6-12)3-4-9(10)11(13)15-2;/h3-4,7H,5-6,12H2,1-2H3;1H. The Bertz CT molecular complexity index is 355. The first-order valence-electron chi connectivity index (χ1n) is 4.68. The van der Waals surface area contributed by atoms with Crippen molar-refractivity contribution in [1.29, 1.82) is 0 Å². The van der Waals surface area contributed by atoms with Crippen molar-refractivity contribution in [2.24, 2.45) is 5.73 Å². The van der Waals surface area contributed by atoms with Gasteiger partial charge < -0.3 is 15.2 Å². The molecule has 0 bridgehead atoms. The molecule has 1 aromatic carbocycles. The van der Waals surface area contributed by atoms with Crippen molar-refractivity contribution in [1.82, 2.24) is 0 Å². The van der Waals surface area contributed by atoms with Crippen molar-refractivity contribution in [3.05, 3.63) is 29.3 Å². The van der Waals surface area contributed by atoms with Gasteiger partial charge in [0, 0.05) is 0 Å². The van der Waals surface area contributed by atoms with Gasteiger partial charge >= 0.3 is 5.97 Å². The topological polar surface area (TPSA) is 61.5 Å². The number of nitrogens with two attached hydrogens (primary N) is 1. The van der Waals surface area contributed by atoms with E-state index in [2.05, 4.69) is 4.74 Å². The third kappa shape index (κ3) is 3.40. The van der Waals surface area contributed by atoms with Gasteiger partial charge in [0.1, 0.15) is 11.3 Å². The van der Waals surface area contributed by atoms with Crippen LogP contribution < -0.4 is 10.5 Å². The number of ether oxygens (including phenoxy) is 2. The number of esters is 1. The average Bonchev–Trinajstić information content (AvgIpc) is 2.28. The molecule has 0 aliphatic heterocycles. The van der Waals surface area contributed by atoms with E-state index in [-0.39, 0.29) is 12.4 Å². The van der Waals surface area contributed by atoms with Crippen LogP contribution in [0.15, 0.2) is 18.2 Å².